The van der Waals surface area contributed by atoms with Crippen LogP contribution in [0, 0.1) is 17.2 Å². The van der Waals surface area contributed by atoms with Crippen LogP contribution in [-0.2, 0) is 40.6 Å². The van der Waals surface area contributed by atoms with Crippen LogP contribution in [0.25, 0.3) is 89.9 Å². The highest BCUT2D eigenvalue weighted by atomic mass is 35.5. The van der Waals surface area contributed by atoms with Gasteiger partial charge >= 0.3 is 0 Å². The van der Waals surface area contributed by atoms with Crippen LogP contribution in [0.15, 0.2) is 249 Å². The molecule has 4 aliphatic heterocycles. The average molecular weight is 1890 g/mol. The minimum absolute atomic E-state index is 0.0316. The Kier molecular flexibility index (Phi) is 28.2. The maximum atomic E-state index is 13.1. The van der Waals surface area contributed by atoms with E-state index in [1.807, 2.05) is 178 Å². The van der Waals surface area contributed by atoms with E-state index >= 15 is 0 Å². The van der Waals surface area contributed by atoms with Crippen LogP contribution in [0.4, 0.5) is 0 Å². The lowest BCUT2D eigenvalue weighted by atomic mass is 9.84. The highest BCUT2D eigenvalue weighted by Gasteiger charge is 2.35. The summed E-state index contributed by atoms with van der Waals surface area (Å²) in [5.41, 5.74) is 30.3. The number of methoxy groups -OCH3 is 1. The predicted octanol–water partition coefficient (Wildman–Crippen LogP) is 19.2. The van der Waals surface area contributed by atoms with Gasteiger partial charge in [-0.1, -0.05) is 163 Å². The molecule has 0 bridgehead atoms. The largest absolute Gasteiger partial charge is 0.497 e. The SMILES string of the molecule is CC(=O)N1CCN(Cc2c(-c3ccc(Cl)cc3)nc3ccc(C4CC4)cn23)CC1.CCC(=O)N1CCN(Cc2c(-c3ccc(Cl)cc3)nc3ccc(C4CC4)cn23)CC1.COc1cccc(-c2nc3ccc(-c4ccccc4C(N)=O)cn3c2CN2CCN(C(=O)C3CCC3)CC2)c1.N#Cc1cccc(C(=O)N2CCN(Cc3c(-c4ccc(Cl)cc4)nc4ccc(-c5ccccc5)cn34)CC2)c1. The Morgan fingerprint density at radius 1 is 0.401 bits per heavy atom. The number of carbonyl (C=O) groups excluding carboxylic acids is 5. The van der Waals surface area contributed by atoms with Gasteiger partial charge in [-0.05, 0) is 193 Å². The summed E-state index contributed by atoms with van der Waals surface area (Å²) in [4.78, 5) is 99.1. The van der Waals surface area contributed by atoms with Crippen LogP contribution < -0.4 is 10.5 Å². The Morgan fingerprint density at radius 3 is 1.24 bits per heavy atom. The number of nitrogens with two attached hydrogens (primary N) is 1. The van der Waals surface area contributed by atoms with Crippen molar-refractivity contribution >= 4 is 86.9 Å². The van der Waals surface area contributed by atoms with Crippen LogP contribution in [0.2, 0.25) is 15.1 Å². The van der Waals surface area contributed by atoms with Crippen LogP contribution in [0.3, 0.4) is 0 Å². The summed E-state index contributed by atoms with van der Waals surface area (Å²) in [5.74, 6) is 2.66. The number of nitrogens with zero attached hydrogens (tertiary/aromatic N) is 17. The first-order valence-electron chi connectivity index (χ1n) is 47.7. The van der Waals surface area contributed by atoms with Crippen molar-refractivity contribution in [3.05, 3.63) is 315 Å². The molecule has 15 aromatic rings. The Balaban J connectivity index is 0.000000118. The molecule has 7 aromatic carbocycles. The number of carbonyl (C=O) groups is 5. The number of amides is 5. The molecule has 3 aliphatic carbocycles. The zero-order valence-corrected chi connectivity index (χ0v) is 79.7. The first kappa shape index (κ1) is 92.7. The number of rotatable bonds is 21. The van der Waals surface area contributed by atoms with Gasteiger partial charge in [-0.3, -0.25) is 43.6 Å². The number of primary amides is 1. The molecule has 7 aliphatic rings. The van der Waals surface area contributed by atoms with Gasteiger partial charge in [0, 0.05) is 223 Å². The molecule has 8 aromatic heterocycles. The van der Waals surface area contributed by atoms with Crippen molar-refractivity contribution < 1.29 is 28.7 Å². The van der Waals surface area contributed by atoms with Crippen LogP contribution >= 0.6 is 34.8 Å². The molecule has 4 saturated heterocycles. The molecule has 137 heavy (non-hydrogen) atoms. The van der Waals surface area contributed by atoms with Crippen molar-refractivity contribution in [2.24, 2.45) is 11.7 Å². The van der Waals surface area contributed by atoms with E-state index in [1.54, 1.807) is 44.4 Å². The molecule has 0 radical (unpaired) electrons. The standard InChI is InChI=1S/C32H26ClN5O.C31H33N5O3.C24H27ClN4O.C23H25ClN4O/c33-28-12-9-25(10-13-28)31-29(38-21-27(11-14-30(38)35-31)24-6-2-1-3-7-24)22-36-15-17-37(18-16-36)32(39)26-8-4-5-23(19-26)20-34;1-39-24-9-5-8-22(18-24)29-27(20-34-14-16-35(17-15-34)31(38)21-6-4-7-21)36-19-23(12-13-28(36)33-29)25-10-2-3-11-26(25)30(32)37;1-2-23(30)28-13-11-27(12-14-28)16-21-24(18-5-8-20(25)9-6-18)26-22-10-7-19(15-29(21)22)17-3-4-17;1-16(29)27-12-10-26(11-13-27)15-21-23(18-4-7-20(24)8-5-18)25-22-9-6-19(14-28(21)22)17-2-3-17/h1-14,19,21H,15-18,22H2;2-3,5,8-13,18-19,21H,4,6-7,14-17,20H2,1H3,(H2,32,37);5-10,15,17H,2-4,11-14,16H2,1H3;4-9,14,17H,2-3,10-13,15H2,1H3. The van der Waals surface area contributed by atoms with Gasteiger partial charge in [0.15, 0.2) is 0 Å². The Bertz CT molecular complexity index is 6970. The van der Waals surface area contributed by atoms with Crippen molar-refractivity contribution in [2.75, 3.05) is 112 Å². The molecule has 24 nitrogen and oxygen atoms in total. The van der Waals surface area contributed by atoms with Crippen molar-refractivity contribution in [3.63, 3.8) is 0 Å². The average Bonchev–Trinajstić information content (AvgIpc) is 1.64. The van der Waals surface area contributed by atoms with Crippen molar-refractivity contribution in [1.29, 1.82) is 5.26 Å². The monoisotopic (exact) mass is 1880 g/mol. The molecule has 3 saturated carbocycles. The number of nitriles is 1. The number of aromatic nitrogens is 8. The number of hydrogen-bond acceptors (Lipinski definition) is 15. The molecule has 5 amide bonds. The van der Waals surface area contributed by atoms with Gasteiger partial charge in [-0.25, -0.2) is 19.9 Å². The third kappa shape index (κ3) is 21.3. The van der Waals surface area contributed by atoms with Gasteiger partial charge in [0.05, 0.1) is 64.3 Å². The summed E-state index contributed by atoms with van der Waals surface area (Å²) in [5, 5.41) is 11.3. The second kappa shape index (κ2) is 41.7. The van der Waals surface area contributed by atoms with Crippen molar-refractivity contribution in [2.45, 2.75) is 103 Å². The number of benzene rings is 7. The van der Waals surface area contributed by atoms with Gasteiger partial charge in [0.2, 0.25) is 23.6 Å². The maximum Gasteiger partial charge on any atom is 0.253 e. The zero-order chi connectivity index (χ0) is 94.3. The Labute approximate surface area is 813 Å². The van der Waals surface area contributed by atoms with Gasteiger partial charge < -0.3 is 47.7 Å². The first-order chi connectivity index (χ1) is 66.8. The molecule has 27 heteroatoms. The zero-order valence-electron chi connectivity index (χ0n) is 77.5. The van der Waals surface area contributed by atoms with E-state index < -0.39 is 5.91 Å². The summed E-state index contributed by atoms with van der Waals surface area (Å²) >= 11 is 18.4. The van der Waals surface area contributed by atoms with Gasteiger partial charge in [-0.2, -0.15) is 5.26 Å². The van der Waals surface area contributed by atoms with Gasteiger partial charge in [0.25, 0.3) is 5.91 Å². The van der Waals surface area contributed by atoms with Gasteiger partial charge in [0.1, 0.15) is 28.3 Å². The number of imidazole rings is 4. The molecule has 22 rings (SSSR count). The lowest BCUT2D eigenvalue weighted by molar-refractivity contribution is -0.140. The number of pyridine rings is 4. The second-order valence-electron chi connectivity index (χ2n) is 36.7. The summed E-state index contributed by atoms with van der Waals surface area (Å²) in [7, 11) is 1.66. The Morgan fingerprint density at radius 2 is 0.803 bits per heavy atom. The fourth-order valence-electron chi connectivity index (χ4n) is 19.3. The molecule has 0 spiro atoms. The summed E-state index contributed by atoms with van der Waals surface area (Å²) in [6.07, 6.45) is 17.7. The van der Waals surface area contributed by atoms with Crippen molar-refractivity contribution in [1.82, 2.24) is 76.7 Å². The lowest BCUT2D eigenvalue weighted by Crippen LogP contribution is -2.50. The first-order valence-corrected chi connectivity index (χ1v) is 48.9. The topological polar surface area (TPSA) is 240 Å². The number of ether oxygens (including phenoxy) is 1. The smallest absolute Gasteiger partial charge is 0.253 e. The van der Waals surface area contributed by atoms with Crippen LogP contribution in [0.1, 0.15) is 137 Å². The predicted molar refractivity (Wildman–Crippen MR) is 539 cm³/mol. The molecular formula is C110H111Cl3N18O6. The van der Waals surface area contributed by atoms with E-state index in [4.69, 9.17) is 65.2 Å². The van der Waals surface area contributed by atoms with E-state index in [2.05, 4.69) is 110 Å². The van der Waals surface area contributed by atoms with Crippen LogP contribution in [0.5, 0.6) is 5.75 Å². The maximum absolute atomic E-state index is 13.1. The molecule has 12 heterocycles. The highest BCUT2D eigenvalue weighted by Crippen LogP contribution is 2.43. The highest BCUT2D eigenvalue weighted by molar-refractivity contribution is 6.31. The number of halogens is 3. The second-order valence-corrected chi connectivity index (χ2v) is 38.0. The normalized spacial score (nSPS) is 16.2. The number of hydrogen-bond donors (Lipinski definition) is 1. The summed E-state index contributed by atoms with van der Waals surface area (Å²) < 4.78 is 14.4. The fraction of sp³-hybridized carbons (Fsp3) is 0.309. The quantitative estimate of drug-likeness (QED) is 0.0703. The number of piperazine rings is 4. The molecular weight excluding hydrogens is 1780 g/mol. The van der Waals surface area contributed by atoms with E-state index in [-0.39, 0.29) is 23.6 Å². The minimum Gasteiger partial charge on any atom is -0.497 e. The molecule has 2 N–H and O–H groups in total. The number of fused-ring (bicyclic) bond motifs is 4. The Hall–Kier alpha value is -13.4. The van der Waals surface area contributed by atoms with Gasteiger partial charge in [-0.15, -0.1) is 0 Å². The molecule has 0 unspecified atom stereocenters. The third-order valence-corrected chi connectivity index (χ3v) is 28.5. The van der Waals surface area contributed by atoms with Crippen molar-refractivity contribution in [3.8, 4) is 79.1 Å². The lowest BCUT2D eigenvalue weighted by Gasteiger charge is -2.38. The van der Waals surface area contributed by atoms with Crippen LogP contribution in [-0.4, -0.2) is 218 Å². The molecule has 0 atom stereocenters. The molecule has 7 fully saturated rings. The third-order valence-electron chi connectivity index (χ3n) is 27.7. The molecule has 698 valence electrons. The summed E-state index contributed by atoms with van der Waals surface area (Å²) in [6.45, 7) is 19.2. The van der Waals surface area contributed by atoms with E-state index in [9.17, 15) is 29.2 Å². The van der Waals surface area contributed by atoms with E-state index in [0.717, 1.165) is 235 Å². The van der Waals surface area contributed by atoms with E-state index in [0.29, 0.717) is 72.1 Å². The summed E-state index contributed by atoms with van der Waals surface area (Å²) in [6, 6.07) is 75.3. The fourth-order valence-corrected chi connectivity index (χ4v) is 19.6. The van der Waals surface area contributed by atoms with E-state index in [1.165, 1.54) is 54.6 Å². The minimum atomic E-state index is -0.456.